The summed E-state index contributed by atoms with van der Waals surface area (Å²) in [7, 11) is 0. The Bertz CT molecular complexity index is 189. The zero-order valence-electron chi connectivity index (χ0n) is 7.20. The van der Waals surface area contributed by atoms with Gasteiger partial charge in [-0.05, 0) is 32.2 Å². The van der Waals surface area contributed by atoms with Gasteiger partial charge in [-0.25, -0.2) is 0 Å². The van der Waals surface area contributed by atoms with E-state index in [-0.39, 0.29) is 0 Å². The van der Waals surface area contributed by atoms with Crippen molar-refractivity contribution >= 4 is 5.97 Å². The Morgan fingerprint density at radius 1 is 1.42 bits per heavy atom. The van der Waals surface area contributed by atoms with Crippen molar-refractivity contribution in [2.75, 3.05) is 6.54 Å². The molecule has 0 aromatic heterocycles. The number of carbonyl (C=O) groups is 1. The van der Waals surface area contributed by atoms with Gasteiger partial charge in [-0.3, -0.25) is 9.69 Å². The molecule has 1 saturated carbocycles. The second-order valence-corrected chi connectivity index (χ2v) is 3.86. The van der Waals surface area contributed by atoms with E-state index in [1.165, 1.54) is 19.3 Å². The summed E-state index contributed by atoms with van der Waals surface area (Å²) in [6, 6.07) is 1.08. The Kier molecular flexibility index (Phi) is 2.05. The molecule has 0 amide bonds. The highest BCUT2D eigenvalue weighted by Crippen LogP contribution is 2.34. The van der Waals surface area contributed by atoms with E-state index in [0.29, 0.717) is 12.5 Å². The number of rotatable bonds is 3. The number of nitrogens with zero attached hydrogens (tertiary/aromatic N) is 1. The minimum Gasteiger partial charge on any atom is -0.481 e. The predicted molar refractivity (Wildman–Crippen MR) is 45.0 cm³/mol. The molecule has 2 aliphatic rings. The lowest BCUT2D eigenvalue weighted by Gasteiger charge is -2.22. The van der Waals surface area contributed by atoms with Crippen molar-refractivity contribution in [3.63, 3.8) is 0 Å². The Balaban J connectivity index is 1.89. The second kappa shape index (κ2) is 3.05. The molecular formula is C9H15NO2. The minimum atomic E-state index is -0.646. The lowest BCUT2D eigenvalue weighted by molar-refractivity contribution is -0.138. The number of carboxylic acid groups (broad SMARTS) is 1. The number of likely N-dealkylation sites (tertiary alicyclic amines) is 1. The summed E-state index contributed by atoms with van der Waals surface area (Å²) in [5.41, 5.74) is 0. The molecule has 1 N–H and O–H groups in total. The number of hydrogen-bond acceptors (Lipinski definition) is 2. The van der Waals surface area contributed by atoms with E-state index in [4.69, 9.17) is 5.11 Å². The Labute approximate surface area is 72.4 Å². The van der Waals surface area contributed by atoms with Gasteiger partial charge in [-0.1, -0.05) is 0 Å². The molecule has 3 heteroatoms. The van der Waals surface area contributed by atoms with Gasteiger partial charge in [0.25, 0.3) is 0 Å². The van der Waals surface area contributed by atoms with Crippen LogP contribution < -0.4 is 0 Å². The van der Waals surface area contributed by atoms with E-state index in [2.05, 4.69) is 4.90 Å². The fourth-order valence-electron chi connectivity index (χ4n) is 2.17. The van der Waals surface area contributed by atoms with Crippen LogP contribution in [0.4, 0.5) is 0 Å². The summed E-state index contributed by atoms with van der Waals surface area (Å²) in [6.45, 7) is 1.13. The van der Waals surface area contributed by atoms with Gasteiger partial charge in [0.05, 0.1) is 6.42 Å². The van der Waals surface area contributed by atoms with Crippen LogP contribution in [0.2, 0.25) is 0 Å². The highest BCUT2D eigenvalue weighted by molar-refractivity contribution is 5.67. The largest absolute Gasteiger partial charge is 0.481 e. The maximum absolute atomic E-state index is 10.5. The van der Waals surface area contributed by atoms with Crippen molar-refractivity contribution in [3.05, 3.63) is 0 Å². The van der Waals surface area contributed by atoms with Gasteiger partial charge >= 0.3 is 5.97 Å². The molecule has 0 bridgehead atoms. The maximum atomic E-state index is 10.5. The SMILES string of the molecule is O=C(O)CC1CCCN1C1CC1. The van der Waals surface area contributed by atoms with Crippen LogP contribution in [0.1, 0.15) is 32.1 Å². The van der Waals surface area contributed by atoms with Gasteiger partial charge in [0.2, 0.25) is 0 Å². The number of carboxylic acids is 1. The predicted octanol–water partition coefficient (Wildman–Crippen LogP) is 1.09. The Morgan fingerprint density at radius 2 is 2.17 bits per heavy atom. The highest BCUT2D eigenvalue weighted by Gasteiger charge is 2.37. The summed E-state index contributed by atoms with van der Waals surface area (Å²) in [6.07, 6.45) is 5.19. The first-order chi connectivity index (χ1) is 5.77. The molecular weight excluding hydrogens is 154 g/mol. The first kappa shape index (κ1) is 8.05. The second-order valence-electron chi connectivity index (χ2n) is 3.86. The molecule has 1 atom stereocenters. The standard InChI is InChI=1S/C9H15NO2/c11-9(12)6-8-2-1-5-10(8)7-3-4-7/h7-8H,1-6H2,(H,11,12). The Hall–Kier alpha value is -0.570. The third-order valence-electron chi connectivity index (χ3n) is 2.85. The average molecular weight is 169 g/mol. The number of hydrogen-bond donors (Lipinski definition) is 1. The zero-order chi connectivity index (χ0) is 8.55. The first-order valence-electron chi connectivity index (χ1n) is 4.75. The molecule has 0 spiro atoms. The molecule has 12 heavy (non-hydrogen) atoms. The molecule has 0 aromatic rings. The molecule has 1 aliphatic carbocycles. The van der Waals surface area contributed by atoms with E-state index in [0.717, 1.165) is 19.0 Å². The van der Waals surface area contributed by atoms with Crippen molar-refractivity contribution < 1.29 is 9.90 Å². The smallest absolute Gasteiger partial charge is 0.304 e. The molecule has 68 valence electrons. The van der Waals surface area contributed by atoms with Crippen LogP contribution in [0.5, 0.6) is 0 Å². The average Bonchev–Trinajstić information content (AvgIpc) is 2.73. The van der Waals surface area contributed by atoms with Crippen LogP contribution in [0, 0.1) is 0 Å². The van der Waals surface area contributed by atoms with Crippen LogP contribution in [0.3, 0.4) is 0 Å². The summed E-state index contributed by atoms with van der Waals surface area (Å²) in [5.74, 6) is -0.646. The van der Waals surface area contributed by atoms with Gasteiger partial charge in [0, 0.05) is 12.1 Å². The monoisotopic (exact) mass is 169 g/mol. The van der Waals surface area contributed by atoms with E-state index < -0.39 is 5.97 Å². The summed E-state index contributed by atoms with van der Waals surface area (Å²) in [4.78, 5) is 12.9. The van der Waals surface area contributed by atoms with E-state index in [1.807, 2.05) is 0 Å². The molecule has 1 saturated heterocycles. The van der Waals surface area contributed by atoms with Gasteiger partial charge in [-0.2, -0.15) is 0 Å². The van der Waals surface area contributed by atoms with Crippen molar-refractivity contribution in [2.24, 2.45) is 0 Å². The first-order valence-corrected chi connectivity index (χ1v) is 4.75. The third kappa shape index (κ3) is 1.61. The minimum absolute atomic E-state index is 0.343. The van der Waals surface area contributed by atoms with Crippen LogP contribution >= 0.6 is 0 Å². The Morgan fingerprint density at radius 3 is 2.75 bits per heavy atom. The summed E-state index contributed by atoms with van der Waals surface area (Å²) < 4.78 is 0. The summed E-state index contributed by atoms with van der Waals surface area (Å²) >= 11 is 0. The lowest BCUT2D eigenvalue weighted by atomic mass is 10.1. The normalized spacial score (nSPS) is 30.8. The zero-order valence-corrected chi connectivity index (χ0v) is 7.20. The van der Waals surface area contributed by atoms with Gasteiger partial charge < -0.3 is 5.11 Å². The maximum Gasteiger partial charge on any atom is 0.304 e. The fraction of sp³-hybridized carbons (Fsp3) is 0.889. The van der Waals surface area contributed by atoms with Crippen LogP contribution in [-0.2, 0) is 4.79 Å². The lowest BCUT2D eigenvalue weighted by Crippen LogP contribution is -2.33. The molecule has 2 rings (SSSR count). The van der Waals surface area contributed by atoms with Gasteiger partial charge in [0.15, 0.2) is 0 Å². The quantitative estimate of drug-likeness (QED) is 0.687. The molecule has 3 nitrogen and oxygen atoms in total. The van der Waals surface area contributed by atoms with Crippen molar-refractivity contribution in [3.8, 4) is 0 Å². The molecule has 0 aromatic carbocycles. The van der Waals surface area contributed by atoms with Crippen molar-refractivity contribution in [1.82, 2.24) is 4.90 Å². The molecule has 1 unspecified atom stereocenters. The van der Waals surface area contributed by atoms with E-state index in [9.17, 15) is 4.79 Å². The van der Waals surface area contributed by atoms with E-state index in [1.54, 1.807) is 0 Å². The fourth-order valence-corrected chi connectivity index (χ4v) is 2.17. The van der Waals surface area contributed by atoms with Gasteiger partial charge in [0.1, 0.15) is 0 Å². The van der Waals surface area contributed by atoms with Crippen LogP contribution in [0.25, 0.3) is 0 Å². The van der Waals surface area contributed by atoms with Crippen molar-refractivity contribution in [2.45, 2.75) is 44.2 Å². The highest BCUT2D eigenvalue weighted by atomic mass is 16.4. The molecule has 0 radical (unpaired) electrons. The van der Waals surface area contributed by atoms with Gasteiger partial charge in [-0.15, -0.1) is 0 Å². The molecule has 2 fully saturated rings. The topological polar surface area (TPSA) is 40.5 Å². The summed E-state index contributed by atoms with van der Waals surface area (Å²) in [5, 5.41) is 8.67. The van der Waals surface area contributed by atoms with Crippen LogP contribution in [-0.4, -0.2) is 34.6 Å². The van der Waals surface area contributed by atoms with Crippen molar-refractivity contribution in [1.29, 1.82) is 0 Å². The third-order valence-corrected chi connectivity index (χ3v) is 2.85. The van der Waals surface area contributed by atoms with Crippen LogP contribution in [0.15, 0.2) is 0 Å². The molecule has 1 heterocycles. The van der Waals surface area contributed by atoms with E-state index >= 15 is 0 Å². The molecule has 1 aliphatic heterocycles. The number of aliphatic carboxylic acids is 1.